The number of aliphatic hydroxyl groups is 1. The van der Waals surface area contributed by atoms with Gasteiger partial charge in [0.2, 0.25) is 5.75 Å². The number of rotatable bonds is 8. The standard InChI is InChI=1S/C15H25NO4/c1-6-12(9-17)16-10(2)11-7-13(18-3)15(20-5)14(8-11)19-4/h7-8,10,12,16-17H,6,9H2,1-5H3. The van der Waals surface area contributed by atoms with E-state index in [4.69, 9.17) is 14.2 Å². The van der Waals surface area contributed by atoms with Gasteiger partial charge in [-0.05, 0) is 31.0 Å². The topological polar surface area (TPSA) is 60.0 Å². The van der Waals surface area contributed by atoms with Crippen molar-refractivity contribution >= 4 is 0 Å². The van der Waals surface area contributed by atoms with Crippen molar-refractivity contribution in [2.45, 2.75) is 32.4 Å². The number of nitrogens with one attached hydrogen (secondary N) is 1. The molecule has 2 N–H and O–H groups in total. The first-order valence-electron chi connectivity index (χ1n) is 6.78. The molecule has 0 spiro atoms. The fourth-order valence-electron chi connectivity index (χ4n) is 2.10. The minimum Gasteiger partial charge on any atom is -0.493 e. The van der Waals surface area contributed by atoms with E-state index in [0.29, 0.717) is 17.2 Å². The Hall–Kier alpha value is -1.46. The number of hydrogen-bond acceptors (Lipinski definition) is 5. The first-order chi connectivity index (χ1) is 9.60. The second-order valence-corrected chi connectivity index (χ2v) is 4.63. The molecule has 0 saturated heterocycles. The fourth-order valence-corrected chi connectivity index (χ4v) is 2.10. The van der Waals surface area contributed by atoms with Gasteiger partial charge in [0.1, 0.15) is 0 Å². The van der Waals surface area contributed by atoms with Gasteiger partial charge in [0.15, 0.2) is 11.5 Å². The van der Waals surface area contributed by atoms with E-state index in [2.05, 4.69) is 5.32 Å². The van der Waals surface area contributed by atoms with Crippen LogP contribution in [0.25, 0.3) is 0 Å². The van der Waals surface area contributed by atoms with Crippen molar-refractivity contribution in [3.8, 4) is 17.2 Å². The zero-order chi connectivity index (χ0) is 15.1. The number of ether oxygens (including phenoxy) is 3. The summed E-state index contributed by atoms with van der Waals surface area (Å²) in [5.74, 6) is 1.85. The van der Waals surface area contributed by atoms with E-state index in [1.807, 2.05) is 26.0 Å². The maximum absolute atomic E-state index is 9.27. The molecule has 5 nitrogen and oxygen atoms in total. The van der Waals surface area contributed by atoms with Gasteiger partial charge < -0.3 is 24.6 Å². The largest absolute Gasteiger partial charge is 0.493 e. The van der Waals surface area contributed by atoms with Gasteiger partial charge in [-0.1, -0.05) is 6.92 Å². The van der Waals surface area contributed by atoms with Crippen molar-refractivity contribution in [2.24, 2.45) is 0 Å². The molecule has 0 saturated carbocycles. The summed E-state index contributed by atoms with van der Waals surface area (Å²) < 4.78 is 16.0. The molecule has 1 aromatic carbocycles. The van der Waals surface area contributed by atoms with Crippen molar-refractivity contribution in [1.29, 1.82) is 0 Å². The van der Waals surface area contributed by atoms with Crippen LogP contribution >= 0.6 is 0 Å². The Labute approximate surface area is 120 Å². The van der Waals surface area contributed by atoms with Crippen LogP contribution in [0.2, 0.25) is 0 Å². The molecule has 1 aromatic rings. The third-order valence-corrected chi connectivity index (χ3v) is 3.39. The molecule has 0 amide bonds. The Morgan fingerprint density at radius 1 is 1.10 bits per heavy atom. The fraction of sp³-hybridized carbons (Fsp3) is 0.600. The molecule has 0 fully saturated rings. The highest BCUT2D eigenvalue weighted by Crippen LogP contribution is 2.39. The van der Waals surface area contributed by atoms with Gasteiger partial charge in [0.25, 0.3) is 0 Å². The predicted molar refractivity (Wildman–Crippen MR) is 78.8 cm³/mol. The Kier molecular flexibility index (Phi) is 6.61. The molecule has 2 unspecified atom stereocenters. The maximum Gasteiger partial charge on any atom is 0.203 e. The molecule has 0 bridgehead atoms. The van der Waals surface area contributed by atoms with Gasteiger partial charge in [-0.2, -0.15) is 0 Å². The highest BCUT2D eigenvalue weighted by atomic mass is 16.5. The minimum atomic E-state index is 0.0702. The molecule has 2 atom stereocenters. The smallest absolute Gasteiger partial charge is 0.203 e. The van der Waals surface area contributed by atoms with Gasteiger partial charge in [-0.3, -0.25) is 0 Å². The van der Waals surface area contributed by atoms with Crippen molar-refractivity contribution in [2.75, 3.05) is 27.9 Å². The summed E-state index contributed by atoms with van der Waals surface area (Å²) in [4.78, 5) is 0. The summed E-state index contributed by atoms with van der Waals surface area (Å²) in [6.45, 7) is 4.19. The molecule has 20 heavy (non-hydrogen) atoms. The Bertz CT molecular complexity index is 393. The van der Waals surface area contributed by atoms with Gasteiger partial charge in [0, 0.05) is 12.1 Å². The molecule has 5 heteroatoms. The van der Waals surface area contributed by atoms with Gasteiger partial charge >= 0.3 is 0 Å². The van der Waals surface area contributed by atoms with Crippen molar-refractivity contribution in [1.82, 2.24) is 5.32 Å². The van der Waals surface area contributed by atoms with E-state index >= 15 is 0 Å². The third kappa shape index (κ3) is 3.77. The van der Waals surface area contributed by atoms with Crippen LogP contribution in [0.1, 0.15) is 31.9 Å². The van der Waals surface area contributed by atoms with Gasteiger partial charge in [-0.25, -0.2) is 0 Å². The van der Waals surface area contributed by atoms with Crippen LogP contribution < -0.4 is 19.5 Å². The number of methoxy groups -OCH3 is 3. The average Bonchev–Trinajstić information content (AvgIpc) is 2.50. The molecule has 0 heterocycles. The highest BCUT2D eigenvalue weighted by molar-refractivity contribution is 5.54. The van der Waals surface area contributed by atoms with Crippen molar-refractivity contribution < 1.29 is 19.3 Å². The first kappa shape index (κ1) is 16.6. The summed E-state index contributed by atoms with van der Waals surface area (Å²) in [6.07, 6.45) is 0.866. The Balaban J connectivity index is 3.05. The van der Waals surface area contributed by atoms with E-state index in [1.165, 1.54) is 0 Å². The molecule has 1 rings (SSSR count). The van der Waals surface area contributed by atoms with Gasteiger partial charge in [-0.15, -0.1) is 0 Å². The second-order valence-electron chi connectivity index (χ2n) is 4.63. The quantitative estimate of drug-likeness (QED) is 0.765. The lowest BCUT2D eigenvalue weighted by Gasteiger charge is -2.22. The molecular weight excluding hydrogens is 258 g/mol. The first-order valence-corrected chi connectivity index (χ1v) is 6.78. The van der Waals surface area contributed by atoms with E-state index < -0.39 is 0 Å². The predicted octanol–water partition coefficient (Wildman–Crippen LogP) is 2.13. The van der Waals surface area contributed by atoms with Crippen LogP contribution in [0.15, 0.2) is 12.1 Å². The lowest BCUT2D eigenvalue weighted by Crippen LogP contribution is -2.33. The van der Waals surface area contributed by atoms with Crippen molar-refractivity contribution in [3.63, 3.8) is 0 Å². The zero-order valence-electron chi connectivity index (χ0n) is 12.9. The molecule has 0 aromatic heterocycles. The second kappa shape index (κ2) is 7.97. The summed E-state index contributed by atoms with van der Waals surface area (Å²) >= 11 is 0. The lowest BCUT2D eigenvalue weighted by atomic mass is 10.1. The molecule has 0 aliphatic rings. The number of aliphatic hydroxyl groups excluding tert-OH is 1. The highest BCUT2D eigenvalue weighted by Gasteiger charge is 2.17. The van der Waals surface area contributed by atoms with Crippen LogP contribution in [0.5, 0.6) is 17.2 Å². The molecule has 0 aliphatic heterocycles. The van der Waals surface area contributed by atoms with Gasteiger partial charge in [0.05, 0.1) is 27.9 Å². The molecule has 0 radical (unpaired) electrons. The number of benzene rings is 1. The van der Waals surface area contributed by atoms with Crippen LogP contribution in [0.3, 0.4) is 0 Å². The molecule has 0 aliphatic carbocycles. The maximum atomic E-state index is 9.27. The van der Waals surface area contributed by atoms with Crippen LogP contribution in [0.4, 0.5) is 0 Å². The summed E-state index contributed by atoms with van der Waals surface area (Å²) in [5.41, 5.74) is 1.02. The van der Waals surface area contributed by atoms with Crippen LogP contribution in [-0.2, 0) is 0 Å². The SMILES string of the molecule is CCC(CO)NC(C)c1cc(OC)c(OC)c(OC)c1. The van der Waals surface area contributed by atoms with Crippen LogP contribution in [-0.4, -0.2) is 39.1 Å². The normalized spacial score (nSPS) is 13.7. The summed E-state index contributed by atoms with van der Waals surface area (Å²) in [7, 11) is 4.78. The lowest BCUT2D eigenvalue weighted by molar-refractivity contribution is 0.230. The molecule has 114 valence electrons. The number of hydrogen-bond donors (Lipinski definition) is 2. The monoisotopic (exact) mass is 283 g/mol. The average molecular weight is 283 g/mol. The van der Waals surface area contributed by atoms with E-state index in [-0.39, 0.29) is 18.7 Å². The summed E-state index contributed by atoms with van der Waals surface area (Å²) in [5, 5.41) is 12.6. The zero-order valence-corrected chi connectivity index (χ0v) is 12.9. The Morgan fingerprint density at radius 3 is 2.00 bits per heavy atom. The van der Waals surface area contributed by atoms with Crippen LogP contribution in [0, 0.1) is 0 Å². The minimum absolute atomic E-state index is 0.0702. The van der Waals surface area contributed by atoms with E-state index in [9.17, 15) is 5.11 Å². The third-order valence-electron chi connectivity index (χ3n) is 3.39. The Morgan fingerprint density at radius 2 is 1.65 bits per heavy atom. The van der Waals surface area contributed by atoms with E-state index in [1.54, 1.807) is 21.3 Å². The summed E-state index contributed by atoms with van der Waals surface area (Å²) in [6, 6.07) is 3.98. The molecular formula is C15H25NO4. The van der Waals surface area contributed by atoms with E-state index in [0.717, 1.165) is 12.0 Å². The van der Waals surface area contributed by atoms with Crippen molar-refractivity contribution in [3.05, 3.63) is 17.7 Å².